The fourth-order valence-corrected chi connectivity index (χ4v) is 5.76. The summed E-state index contributed by atoms with van der Waals surface area (Å²) in [5.74, 6) is -0.503. The number of hydrogen-bond donors (Lipinski definition) is 1. The number of nitrogens with one attached hydrogen (secondary N) is 1. The van der Waals surface area contributed by atoms with Crippen LogP contribution >= 0.6 is 11.3 Å². The van der Waals surface area contributed by atoms with Crippen LogP contribution in [-0.2, 0) is 14.8 Å². The Kier molecular flexibility index (Phi) is 5.02. The van der Waals surface area contributed by atoms with Gasteiger partial charge in [-0.15, -0.1) is 11.3 Å². The van der Waals surface area contributed by atoms with Crippen LogP contribution in [0.2, 0.25) is 0 Å². The van der Waals surface area contributed by atoms with Crippen LogP contribution in [0, 0.1) is 0 Å². The van der Waals surface area contributed by atoms with Gasteiger partial charge in [-0.2, -0.15) is 4.31 Å². The average molecular weight is 359 g/mol. The molecule has 9 heteroatoms. The van der Waals surface area contributed by atoms with E-state index < -0.39 is 16.0 Å². The lowest BCUT2D eigenvalue weighted by Gasteiger charge is -2.32. The third-order valence-corrected chi connectivity index (χ3v) is 7.30. The van der Waals surface area contributed by atoms with E-state index in [1.807, 2.05) is 0 Å². The van der Waals surface area contributed by atoms with Crippen LogP contribution in [0.5, 0.6) is 0 Å². The zero-order chi connectivity index (χ0) is 16.4. The van der Waals surface area contributed by atoms with E-state index in [-0.39, 0.29) is 10.9 Å². The molecule has 2 aliphatic heterocycles. The highest BCUT2D eigenvalue weighted by Gasteiger charge is 2.36. The number of piperazine rings is 1. The number of methoxy groups -OCH3 is 1. The molecule has 0 aromatic carbocycles. The maximum Gasteiger partial charge on any atom is 0.348 e. The second-order valence-corrected chi connectivity index (χ2v) is 8.58. The molecule has 0 saturated carbocycles. The van der Waals surface area contributed by atoms with E-state index in [0.717, 1.165) is 43.9 Å². The lowest BCUT2D eigenvalue weighted by Crippen LogP contribution is -2.49. The quantitative estimate of drug-likeness (QED) is 0.774. The van der Waals surface area contributed by atoms with E-state index in [1.165, 1.54) is 22.9 Å². The molecule has 0 aliphatic carbocycles. The minimum atomic E-state index is -3.54. The zero-order valence-corrected chi connectivity index (χ0v) is 14.7. The first kappa shape index (κ1) is 16.8. The van der Waals surface area contributed by atoms with Crippen LogP contribution in [-0.4, -0.2) is 76.0 Å². The number of thiophene rings is 1. The van der Waals surface area contributed by atoms with E-state index in [9.17, 15) is 13.2 Å². The van der Waals surface area contributed by atoms with Gasteiger partial charge in [-0.25, -0.2) is 13.2 Å². The molecule has 1 unspecified atom stereocenters. The van der Waals surface area contributed by atoms with Gasteiger partial charge in [0.05, 0.1) is 12.0 Å². The Balaban J connectivity index is 1.70. The van der Waals surface area contributed by atoms with Gasteiger partial charge < -0.3 is 10.1 Å². The average Bonchev–Trinajstić information content (AvgIpc) is 3.25. The minimum absolute atomic E-state index is 0.184. The van der Waals surface area contributed by atoms with Gasteiger partial charge in [-0.1, -0.05) is 0 Å². The Hall–Kier alpha value is -1.00. The molecule has 1 atom stereocenters. The molecule has 1 aromatic rings. The van der Waals surface area contributed by atoms with Gasteiger partial charge in [0.2, 0.25) is 10.0 Å². The predicted molar refractivity (Wildman–Crippen MR) is 87.3 cm³/mol. The molecule has 128 valence electrons. The van der Waals surface area contributed by atoms with Crippen molar-refractivity contribution in [1.82, 2.24) is 14.5 Å². The van der Waals surface area contributed by atoms with Gasteiger partial charge in [0, 0.05) is 50.7 Å². The van der Waals surface area contributed by atoms with Gasteiger partial charge >= 0.3 is 5.97 Å². The van der Waals surface area contributed by atoms with Crippen LogP contribution in [0.15, 0.2) is 16.3 Å². The molecule has 0 bridgehead atoms. The Morgan fingerprint density at radius 2 is 2.09 bits per heavy atom. The van der Waals surface area contributed by atoms with Crippen molar-refractivity contribution in [3.8, 4) is 0 Å². The van der Waals surface area contributed by atoms with Crippen molar-refractivity contribution in [1.29, 1.82) is 0 Å². The third-order valence-electron chi connectivity index (χ3n) is 4.39. The Morgan fingerprint density at radius 1 is 1.35 bits per heavy atom. The number of nitrogens with zero attached hydrogens (tertiary/aromatic N) is 2. The Labute approximate surface area is 140 Å². The minimum Gasteiger partial charge on any atom is -0.465 e. The summed E-state index contributed by atoms with van der Waals surface area (Å²) in [6, 6.07) is 1.69. The summed E-state index contributed by atoms with van der Waals surface area (Å²) in [4.78, 5) is 14.4. The molecule has 23 heavy (non-hydrogen) atoms. The molecule has 0 radical (unpaired) electrons. The van der Waals surface area contributed by atoms with Gasteiger partial charge in [0.15, 0.2) is 0 Å². The first-order valence-electron chi connectivity index (χ1n) is 7.64. The fourth-order valence-electron chi connectivity index (χ4n) is 3.09. The van der Waals surface area contributed by atoms with Crippen LogP contribution in [0.1, 0.15) is 16.1 Å². The molecule has 7 nitrogen and oxygen atoms in total. The number of hydrogen-bond acceptors (Lipinski definition) is 7. The summed E-state index contributed by atoms with van der Waals surface area (Å²) < 4.78 is 31.6. The molecule has 0 spiro atoms. The van der Waals surface area contributed by atoms with E-state index in [1.54, 1.807) is 0 Å². The molecular formula is C14H21N3O4S2. The van der Waals surface area contributed by atoms with E-state index in [2.05, 4.69) is 15.0 Å². The topological polar surface area (TPSA) is 79.0 Å². The van der Waals surface area contributed by atoms with Crippen molar-refractivity contribution in [2.24, 2.45) is 0 Å². The first-order valence-corrected chi connectivity index (χ1v) is 9.96. The SMILES string of the molecule is COC(=O)c1cc(S(=O)(=O)N2CCC(N3CCNCC3)C2)cs1. The van der Waals surface area contributed by atoms with Crippen LogP contribution < -0.4 is 5.32 Å². The highest BCUT2D eigenvalue weighted by molar-refractivity contribution is 7.89. The predicted octanol–water partition coefficient (Wildman–Crippen LogP) is 0.203. The van der Waals surface area contributed by atoms with Crippen molar-refractivity contribution in [3.05, 3.63) is 16.3 Å². The molecule has 1 aromatic heterocycles. The molecule has 1 N–H and O–H groups in total. The third kappa shape index (κ3) is 3.43. The van der Waals surface area contributed by atoms with Gasteiger partial charge in [0.25, 0.3) is 0 Å². The lowest BCUT2D eigenvalue weighted by molar-refractivity contribution is 0.0606. The van der Waals surface area contributed by atoms with Gasteiger partial charge in [-0.05, 0) is 12.5 Å². The zero-order valence-electron chi connectivity index (χ0n) is 13.0. The summed E-state index contributed by atoms with van der Waals surface area (Å²) in [6.45, 7) is 4.88. The Morgan fingerprint density at radius 3 is 2.78 bits per heavy atom. The standard InChI is InChI=1S/C14H21N3O4S2/c1-21-14(18)13-8-12(10-22-13)23(19,20)17-5-2-11(9-17)16-6-3-15-4-7-16/h8,10-11,15H,2-7,9H2,1H3. The van der Waals surface area contributed by atoms with E-state index >= 15 is 0 Å². The number of carbonyl (C=O) groups is 1. The van der Waals surface area contributed by atoms with Gasteiger partial charge in [0.1, 0.15) is 4.88 Å². The van der Waals surface area contributed by atoms with Gasteiger partial charge in [-0.3, -0.25) is 4.90 Å². The highest BCUT2D eigenvalue weighted by Crippen LogP contribution is 2.27. The van der Waals surface area contributed by atoms with Crippen LogP contribution in [0.25, 0.3) is 0 Å². The Bertz CT molecular complexity index is 667. The maximum atomic E-state index is 12.7. The summed E-state index contributed by atoms with van der Waals surface area (Å²) in [5.41, 5.74) is 0. The molecular weight excluding hydrogens is 338 g/mol. The second kappa shape index (κ2) is 6.86. The van der Waals surface area contributed by atoms with Crippen molar-refractivity contribution < 1.29 is 17.9 Å². The molecule has 2 aliphatic rings. The van der Waals surface area contributed by atoms with Crippen LogP contribution in [0.4, 0.5) is 0 Å². The number of sulfonamides is 1. The normalized spacial score (nSPS) is 24.0. The largest absolute Gasteiger partial charge is 0.465 e. The van der Waals surface area contributed by atoms with Crippen molar-refractivity contribution >= 4 is 27.3 Å². The van der Waals surface area contributed by atoms with Crippen molar-refractivity contribution in [2.75, 3.05) is 46.4 Å². The number of esters is 1. The maximum absolute atomic E-state index is 12.7. The number of rotatable bonds is 4. The summed E-state index contributed by atoms with van der Waals surface area (Å²) in [6.07, 6.45) is 0.854. The molecule has 3 rings (SSSR count). The first-order chi connectivity index (χ1) is 11.0. The number of ether oxygens (including phenoxy) is 1. The number of carbonyl (C=O) groups excluding carboxylic acids is 1. The summed E-state index contributed by atoms with van der Waals surface area (Å²) in [7, 11) is -2.25. The molecule has 0 amide bonds. The summed E-state index contributed by atoms with van der Waals surface area (Å²) >= 11 is 1.10. The van der Waals surface area contributed by atoms with Crippen molar-refractivity contribution in [3.63, 3.8) is 0 Å². The van der Waals surface area contributed by atoms with E-state index in [4.69, 9.17) is 0 Å². The highest BCUT2D eigenvalue weighted by atomic mass is 32.2. The molecule has 3 heterocycles. The molecule has 2 saturated heterocycles. The summed E-state index contributed by atoms with van der Waals surface area (Å²) in [5, 5.41) is 4.82. The lowest BCUT2D eigenvalue weighted by atomic mass is 10.2. The fraction of sp³-hybridized carbons (Fsp3) is 0.643. The molecule has 2 fully saturated rings. The monoisotopic (exact) mass is 359 g/mol. The smallest absolute Gasteiger partial charge is 0.348 e. The second-order valence-electron chi connectivity index (χ2n) is 5.73. The van der Waals surface area contributed by atoms with E-state index in [0.29, 0.717) is 18.0 Å². The van der Waals surface area contributed by atoms with Crippen LogP contribution in [0.3, 0.4) is 0 Å². The van der Waals surface area contributed by atoms with Crippen molar-refractivity contribution in [2.45, 2.75) is 17.4 Å².